The summed E-state index contributed by atoms with van der Waals surface area (Å²) in [5.74, 6) is 1.27. The molecule has 0 unspecified atom stereocenters. The van der Waals surface area contributed by atoms with Crippen molar-refractivity contribution in [1.29, 1.82) is 0 Å². The summed E-state index contributed by atoms with van der Waals surface area (Å²) in [6.45, 7) is 6.94. The van der Waals surface area contributed by atoms with E-state index in [1.54, 1.807) is 99.5 Å². The molecule has 23 heteroatoms. The first-order chi connectivity index (χ1) is 35.7. The monoisotopic (exact) mass is 1010 g/mol. The highest BCUT2D eigenvalue weighted by Gasteiger charge is 2.31. The Bertz CT molecular complexity index is 3330. The molecule has 4 aromatic heterocycles. The molecule has 20 nitrogen and oxygen atoms in total. The smallest absolute Gasteiger partial charge is 0.416 e. The van der Waals surface area contributed by atoms with Gasteiger partial charge < -0.3 is 39.5 Å². The van der Waals surface area contributed by atoms with E-state index in [1.807, 2.05) is 32.2 Å². The molecule has 2 aliphatic heterocycles. The summed E-state index contributed by atoms with van der Waals surface area (Å²) in [6.07, 6.45) is -1.36. The van der Waals surface area contributed by atoms with Crippen molar-refractivity contribution in [3.8, 4) is 23.3 Å². The van der Waals surface area contributed by atoms with Crippen LogP contribution in [0.2, 0.25) is 0 Å². The molecule has 4 aromatic carbocycles. The van der Waals surface area contributed by atoms with E-state index in [1.165, 1.54) is 22.7 Å². The maximum Gasteiger partial charge on any atom is 0.416 e. The fourth-order valence-corrected chi connectivity index (χ4v) is 7.66. The Hall–Kier alpha value is -9.09. The molecule has 6 amide bonds. The third-order valence-electron chi connectivity index (χ3n) is 11.5. The summed E-state index contributed by atoms with van der Waals surface area (Å²) in [6, 6.07) is 31.3. The molecule has 0 atom stereocenters. The van der Waals surface area contributed by atoms with Gasteiger partial charge in [-0.25, -0.2) is 28.6 Å². The van der Waals surface area contributed by atoms with Gasteiger partial charge in [0.15, 0.2) is 22.9 Å². The quantitative estimate of drug-likeness (QED) is 0.102. The lowest BCUT2D eigenvalue weighted by atomic mass is 10.1. The van der Waals surface area contributed by atoms with Crippen LogP contribution in [0.1, 0.15) is 31.8 Å². The van der Waals surface area contributed by atoms with Gasteiger partial charge in [0, 0.05) is 86.0 Å². The first-order valence-corrected chi connectivity index (χ1v) is 23.2. The largest absolute Gasteiger partial charge is 0.438 e. The number of nitrogens with one attached hydrogen (secondary N) is 4. The number of piperazine rings is 1. The van der Waals surface area contributed by atoms with Gasteiger partial charge in [-0.15, -0.1) is 10.2 Å². The standard InChI is InChI=1S/C26H27N7O3.C25H21F3N6O4/c1-18-5-3-6-19(15-18)25(34)27-20-7-4-8-21(16-20)36-24-10-9-23-28-22(17-33(23)30-24)29-26(35)32-13-11-31(2)12-14-32;26-25(27,28)17-4-1-3-16(13-17)23(35)29-18-5-2-6-19(14-18)38-22-8-7-21-30-20(15-34(21)32-22)31-24(36)33-9-11-37-12-10-33/h3-10,15-17H,11-14H2,1-2H3,(H,27,34)(H,29,35);1-8,13-15H,9-12H2,(H,29,35)(H,31,36). The molecule has 4 N–H and O–H groups in total. The summed E-state index contributed by atoms with van der Waals surface area (Å²) in [5, 5.41) is 19.8. The van der Waals surface area contributed by atoms with Gasteiger partial charge in [0.2, 0.25) is 11.8 Å². The zero-order valence-corrected chi connectivity index (χ0v) is 39.9. The number of rotatable bonds is 10. The summed E-state index contributed by atoms with van der Waals surface area (Å²) in [4.78, 5) is 64.4. The molecule has 380 valence electrons. The predicted molar refractivity (Wildman–Crippen MR) is 267 cm³/mol. The van der Waals surface area contributed by atoms with Crippen molar-refractivity contribution in [2.75, 3.05) is 80.8 Å². The number of halogens is 3. The van der Waals surface area contributed by atoms with Crippen LogP contribution in [-0.2, 0) is 10.9 Å². The van der Waals surface area contributed by atoms with Gasteiger partial charge in [0.05, 0.1) is 31.2 Å². The van der Waals surface area contributed by atoms with Crippen LogP contribution in [0.5, 0.6) is 23.3 Å². The number of ether oxygens (including phenoxy) is 3. The highest BCUT2D eigenvalue weighted by molar-refractivity contribution is 6.05. The molecule has 0 aliphatic carbocycles. The lowest BCUT2D eigenvalue weighted by Crippen LogP contribution is -2.48. The van der Waals surface area contributed by atoms with Crippen molar-refractivity contribution in [2.24, 2.45) is 0 Å². The van der Waals surface area contributed by atoms with Crippen molar-refractivity contribution >= 4 is 58.2 Å². The van der Waals surface area contributed by atoms with Crippen molar-refractivity contribution < 1.29 is 46.6 Å². The Morgan fingerprint density at radius 2 is 1.05 bits per heavy atom. The van der Waals surface area contributed by atoms with E-state index >= 15 is 0 Å². The minimum absolute atomic E-state index is 0.130. The first-order valence-electron chi connectivity index (χ1n) is 23.2. The minimum atomic E-state index is -4.55. The molecule has 0 bridgehead atoms. The van der Waals surface area contributed by atoms with Crippen LogP contribution in [0.15, 0.2) is 134 Å². The van der Waals surface area contributed by atoms with E-state index in [0.717, 1.165) is 30.8 Å². The molecule has 2 aliphatic rings. The number of hydrogen-bond acceptors (Lipinski definition) is 12. The third kappa shape index (κ3) is 12.9. The molecule has 2 fully saturated rings. The topological polar surface area (TPSA) is 214 Å². The highest BCUT2D eigenvalue weighted by Crippen LogP contribution is 2.30. The number of fused-ring (bicyclic) bond motifs is 2. The third-order valence-corrected chi connectivity index (χ3v) is 11.5. The lowest BCUT2D eigenvalue weighted by Gasteiger charge is -2.32. The molecule has 0 spiro atoms. The second kappa shape index (κ2) is 22.1. The van der Waals surface area contributed by atoms with Crippen LogP contribution in [0, 0.1) is 6.92 Å². The lowest BCUT2D eigenvalue weighted by molar-refractivity contribution is -0.137. The molecule has 10 rings (SSSR count). The summed E-state index contributed by atoms with van der Waals surface area (Å²) in [5.41, 5.74) is 2.55. The summed E-state index contributed by atoms with van der Waals surface area (Å²) < 4.78 is 58.9. The van der Waals surface area contributed by atoms with E-state index in [4.69, 9.17) is 14.2 Å². The minimum Gasteiger partial charge on any atom is -0.438 e. The van der Waals surface area contributed by atoms with Crippen molar-refractivity contribution in [3.05, 3.63) is 156 Å². The van der Waals surface area contributed by atoms with Gasteiger partial charge >= 0.3 is 18.2 Å². The molecule has 74 heavy (non-hydrogen) atoms. The number of alkyl halides is 3. The number of carbonyl (C=O) groups is 4. The van der Waals surface area contributed by atoms with E-state index in [9.17, 15) is 32.3 Å². The number of aryl methyl sites for hydroxylation is 1. The average molecular weight is 1010 g/mol. The van der Waals surface area contributed by atoms with Gasteiger partial charge in [-0.05, 0) is 80.7 Å². The number of likely N-dealkylation sites (N-methyl/N-ethyl adjacent to an activating group) is 1. The average Bonchev–Trinajstić information content (AvgIpc) is 3.99. The number of amides is 6. The Kier molecular flexibility index (Phi) is 14.9. The Morgan fingerprint density at radius 1 is 0.568 bits per heavy atom. The van der Waals surface area contributed by atoms with Crippen LogP contribution in [0.25, 0.3) is 11.3 Å². The van der Waals surface area contributed by atoms with Crippen LogP contribution in [0.4, 0.5) is 45.8 Å². The van der Waals surface area contributed by atoms with Crippen molar-refractivity contribution in [1.82, 2.24) is 43.9 Å². The van der Waals surface area contributed by atoms with Crippen LogP contribution < -0.4 is 30.7 Å². The van der Waals surface area contributed by atoms with E-state index < -0.39 is 17.6 Å². The van der Waals surface area contributed by atoms with Gasteiger partial charge in [-0.1, -0.05) is 35.9 Å². The van der Waals surface area contributed by atoms with E-state index in [0.29, 0.717) is 96.6 Å². The van der Waals surface area contributed by atoms with Gasteiger partial charge in [0.1, 0.15) is 11.5 Å². The molecule has 0 radical (unpaired) electrons. The van der Waals surface area contributed by atoms with Gasteiger partial charge in [-0.2, -0.15) is 13.2 Å². The molecule has 6 heterocycles. The summed E-state index contributed by atoms with van der Waals surface area (Å²) in [7, 11) is 2.04. The molecule has 2 saturated heterocycles. The number of hydrogen-bond donors (Lipinski definition) is 4. The van der Waals surface area contributed by atoms with Crippen LogP contribution in [0.3, 0.4) is 0 Å². The fourth-order valence-electron chi connectivity index (χ4n) is 7.66. The van der Waals surface area contributed by atoms with Gasteiger partial charge in [-0.3, -0.25) is 20.2 Å². The Balaban J connectivity index is 0.000000182. The molecule has 8 aromatic rings. The summed E-state index contributed by atoms with van der Waals surface area (Å²) >= 11 is 0. The Morgan fingerprint density at radius 3 is 1.57 bits per heavy atom. The first kappa shape index (κ1) is 49.9. The molecular weight excluding hydrogens is 964 g/mol. The molecule has 0 saturated carbocycles. The van der Waals surface area contributed by atoms with Crippen LogP contribution in [-0.4, -0.2) is 127 Å². The number of nitrogens with zero attached hydrogens (tertiary/aromatic N) is 9. The second-order valence-corrected chi connectivity index (χ2v) is 17.1. The SMILES string of the molecule is Cc1cccc(C(=O)Nc2cccc(Oc3ccc4nc(NC(=O)N5CCN(C)CC5)cn4n3)c2)c1.O=C(Nc1cccc(Oc2ccc3nc(NC(=O)N4CCOCC4)cn3n2)c1)c1cccc(C(F)(F)F)c1. The molecular formula is C51H48F3N13O7. The number of anilines is 4. The van der Waals surface area contributed by atoms with E-state index in [2.05, 4.69) is 46.3 Å². The number of morpholine rings is 1. The predicted octanol–water partition coefficient (Wildman–Crippen LogP) is 8.52. The maximum atomic E-state index is 13.0. The van der Waals surface area contributed by atoms with Gasteiger partial charge in [0.25, 0.3) is 11.8 Å². The number of imidazole rings is 2. The Labute approximate surface area is 420 Å². The number of urea groups is 2. The van der Waals surface area contributed by atoms with Crippen molar-refractivity contribution in [3.63, 3.8) is 0 Å². The second-order valence-electron chi connectivity index (χ2n) is 17.1. The van der Waals surface area contributed by atoms with Crippen molar-refractivity contribution in [2.45, 2.75) is 13.1 Å². The normalized spacial score (nSPS) is 13.9. The van der Waals surface area contributed by atoms with Crippen LogP contribution >= 0.6 is 0 Å². The fraction of sp³-hybridized carbons (Fsp3) is 0.216. The number of aromatic nitrogens is 6. The zero-order valence-electron chi connectivity index (χ0n) is 39.9. The number of benzene rings is 4. The van der Waals surface area contributed by atoms with E-state index in [-0.39, 0.29) is 29.4 Å². The number of carbonyl (C=O) groups excluding carboxylic acids is 4. The maximum absolute atomic E-state index is 13.0. The highest BCUT2D eigenvalue weighted by atomic mass is 19.4. The zero-order chi connectivity index (χ0) is 51.8.